The fourth-order valence-corrected chi connectivity index (χ4v) is 5.51. The summed E-state index contributed by atoms with van der Waals surface area (Å²) in [7, 11) is 0.375. The lowest BCUT2D eigenvalue weighted by Gasteiger charge is -2.43. The quantitative estimate of drug-likeness (QED) is 0.606. The Morgan fingerprint density at radius 3 is 2.30 bits per heavy atom. The Hall–Kier alpha value is -0.730. The molecule has 23 heavy (non-hydrogen) atoms. The van der Waals surface area contributed by atoms with Crippen LogP contribution < -0.4 is 0 Å². The standard InChI is InChI=1S/C15H28FN3O3S/c1-17(2)15(20)10-19-9-8-18(7-5-3-4-6-16)13-11-23(21,22)12-14(13)19/h13-14H,3-12H2,1-2H3/t13-,14+/m1/s1. The van der Waals surface area contributed by atoms with Crippen LogP contribution in [0.1, 0.15) is 19.3 Å². The number of rotatable bonds is 7. The highest BCUT2D eigenvalue weighted by Gasteiger charge is 2.46. The van der Waals surface area contributed by atoms with Gasteiger partial charge in [0.1, 0.15) is 0 Å². The fraction of sp³-hybridized carbons (Fsp3) is 0.933. The Balaban J connectivity index is 2.00. The Labute approximate surface area is 138 Å². The van der Waals surface area contributed by atoms with Crippen LogP contribution in [0.15, 0.2) is 0 Å². The van der Waals surface area contributed by atoms with Crippen LogP contribution in [-0.4, -0.2) is 99.6 Å². The minimum Gasteiger partial charge on any atom is -0.348 e. The molecule has 2 rings (SSSR count). The van der Waals surface area contributed by atoms with Gasteiger partial charge in [0.2, 0.25) is 5.91 Å². The van der Waals surface area contributed by atoms with Crippen molar-refractivity contribution in [3.63, 3.8) is 0 Å². The number of piperazine rings is 1. The van der Waals surface area contributed by atoms with Gasteiger partial charge in [-0.15, -0.1) is 0 Å². The molecular formula is C15H28FN3O3S. The number of hydrogen-bond donors (Lipinski definition) is 0. The summed E-state index contributed by atoms with van der Waals surface area (Å²) in [6, 6.07) is -0.132. The minimum absolute atomic E-state index is 0.00411. The van der Waals surface area contributed by atoms with E-state index in [0.717, 1.165) is 25.9 Å². The predicted molar refractivity (Wildman–Crippen MR) is 87.9 cm³/mol. The van der Waals surface area contributed by atoms with Gasteiger partial charge >= 0.3 is 0 Å². The van der Waals surface area contributed by atoms with Crippen molar-refractivity contribution in [2.75, 3.05) is 58.5 Å². The smallest absolute Gasteiger partial charge is 0.236 e. The van der Waals surface area contributed by atoms with Crippen molar-refractivity contribution >= 4 is 15.7 Å². The topological polar surface area (TPSA) is 60.9 Å². The summed E-state index contributed by atoms with van der Waals surface area (Å²) in [5.41, 5.74) is 0. The Morgan fingerprint density at radius 2 is 1.70 bits per heavy atom. The van der Waals surface area contributed by atoms with Gasteiger partial charge in [-0.25, -0.2) is 8.42 Å². The van der Waals surface area contributed by atoms with Crippen molar-refractivity contribution in [1.82, 2.24) is 14.7 Å². The van der Waals surface area contributed by atoms with E-state index >= 15 is 0 Å². The Bertz CT molecular complexity index is 512. The maximum Gasteiger partial charge on any atom is 0.236 e. The van der Waals surface area contributed by atoms with Gasteiger partial charge in [0.05, 0.1) is 24.7 Å². The molecule has 0 aromatic carbocycles. The van der Waals surface area contributed by atoms with E-state index in [1.54, 1.807) is 19.0 Å². The first-order valence-electron chi connectivity index (χ1n) is 8.28. The summed E-state index contributed by atoms with van der Waals surface area (Å²) in [4.78, 5) is 17.8. The average molecular weight is 349 g/mol. The molecule has 2 fully saturated rings. The van der Waals surface area contributed by atoms with Crippen LogP contribution in [-0.2, 0) is 14.6 Å². The van der Waals surface area contributed by atoms with E-state index in [-0.39, 0.29) is 42.7 Å². The number of amides is 1. The molecule has 0 unspecified atom stereocenters. The third-order valence-electron chi connectivity index (χ3n) is 4.82. The first-order chi connectivity index (χ1) is 10.8. The molecule has 2 atom stereocenters. The monoisotopic (exact) mass is 349 g/mol. The van der Waals surface area contributed by atoms with Gasteiger partial charge in [-0.3, -0.25) is 19.0 Å². The molecule has 2 aliphatic rings. The first kappa shape index (κ1) is 18.6. The van der Waals surface area contributed by atoms with Crippen molar-refractivity contribution in [2.45, 2.75) is 31.3 Å². The van der Waals surface area contributed by atoms with E-state index in [9.17, 15) is 17.6 Å². The molecule has 8 heteroatoms. The second-order valence-corrected chi connectivity index (χ2v) is 8.91. The molecule has 2 saturated heterocycles. The molecule has 134 valence electrons. The van der Waals surface area contributed by atoms with Crippen LogP contribution in [0.25, 0.3) is 0 Å². The lowest BCUT2D eigenvalue weighted by Crippen LogP contribution is -2.60. The molecule has 0 spiro atoms. The van der Waals surface area contributed by atoms with Crippen molar-refractivity contribution in [1.29, 1.82) is 0 Å². The molecule has 1 amide bonds. The van der Waals surface area contributed by atoms with Crippen molar-refractivity contribution in [2.24, 2.45) is 0 Å². The highest BCUT2D eigenvalue weighted by Crippen LogP contribution is 2.27. The molecule has 2 aliphatic heterocycles. The second kappa shape index (κ2) is 7.90. The summed E-state index contributed by atoms with van der Waals surface area (Å²) in [5.74, 6) is 0.316. The van der Waals surface area contributed by atoms with Crippen LogP contribution in [0.3, 0.4) is 0 Å². The average Bonchev–Trinajstić information content (AvgIpc) is 2.81. The van der Waals surface area contributed by atoms with Crippen LogP contribution in [0.2, 0.25) is 0 Å². The van der Waals surface area contributed by atoms with E-state index in [0.29, 0.717) is 13.0 Å². The van der Waals surface area contributed by atoms with Gasteiger partial charge in [-0.1, -0.05) is 0 Å². The largest absolute Gasteiger partial charge is 0.348 e. The summed E-state index contributed by atoms with van der Waals surface area (Å²) in [5, 5.41) is 0. The predicted octanol–water partition coefficient (Wildman–Crippen LogP) is -0.00240. The zero-order valence-corrected chi connectivity index (χ0v) is 14.9. The van der Waals surface area contributed by atoms with Crippen LogP contribution >= 0.6 is 0 Å². The van der Waals surface area contributed by atoms with Gasteiger partial charge in [-0.05, 0) is 25.8 Å². The van der Waals surface area contributed by atoms with Crippen LogP contribution in [0.4, 0.5) is 4.39 Å². The number of likely N-dealkylation sites (N-methyl/N-ethyl adjacent to an activating group) is 1. The number of halogens is 1. The first-order valence-corrected chi connectivity index (χ1v) is 10.1. The number of carbonyl (C=O) groups is 1. The van der Waals surface area contributed by atoms with Gasteiger partial charge < -0.3 is 4.90 Å². The van der Waals surface area contributed by atoms with Crippen LogP contribution in [0.5, 0.6) is 0 Å². The van der Waals surface area contributed by atoms with E-state index in [1.165, 1.54) is 0 Å². The third-order valence-corrected chi connectivity index (χ3v) is 6.52. The zero-order chi connectivity index (χ0) is 17.0. The normalized spacial score (nSPS) is 27.8. The zero-order valence-electron chi connectivity index (χ0n) is 14.1. The van der Waals surface area contributed by atoms with Crippen molar-refractivity contribution < 1.29 is 17.6 Å². The number of sulfone groups is 1. The second-order valence-electron chi connectivity index (χ2n) is 6.76. The number of hydrogen-bond acceptors (Lipinski definition) is 5. The lowest BCUT2D eigenvalue weighted by atomic mass is 10.0. The van der Waals surface area contributed by atoms with Gasteiger partial charge in [0.15, 0.2) is 9.84 Å². The van der Waals surface area contributed by atoms with E-state index in [4.69, 9.17) is 0 Å². The van der Waals surface area contributed by atoms with Crippen molar-refractivity contribution in [3.8, 4) is 0 Å². The molecule has 2 heterocycles. The molecule has 0 aromatic heterocycles. The number of alkyl halides is 1. The number of nitrogens with zero attached hydrogens (tertiary/aromatic N) is 3. The van der Waals surface area contributed by atoms with E-state index in [1.807, 2.05) is 4.90 Å². The van der Waals surface area contributed by atoms with Gasteiger partial charge in [0, 0.05) is 39.3 Å². The van der Waals surface area contributed by atoms with Gasteiger partial charge in [-0.2, -0.15) is 0 Å². The highest BCUT2D eigenvalue weighted by atomic mass is 32.2. The Kier molecular flexibility index (Phi) is 6.39. The summed E-state index contributed by atoms with van der Waals surface area (Å²) in [6.07, 6.45) is 2.30. The molecule has 0 aliphatic carbocycles. The summed E-state index contributed by atoms with van der Waals surface area (Å²) < 4.78 is 36.3. The van der Waals surface area contributed by atoms with Crippen LogP contribution in [0, 0.1) is 0 Å². The summed E-state index contributed by atoms with van der Waals surface area (Å²) >= 11 is 0. The fourth-order valence-electron chi connectivity index (χ4n) is 3.47. The molecule has 0 bridgehead atoms. The molecular weight excluding hydrogens is 321 g/mol. The maximum atomic E-state index is 12.2. The third kappa shape index (κ3) is 4.87. The molecule has 0 N–H and O–H groups in total. The minimum atomic E-state index is -3.05. The number of fused-ring (bicyclic) bond motifs is 1. The maximum absolute atomic E-state index is 12.2. The van der Waals surface area contributed by atoms with E-state index in [2.05, 4.69) is 4.90 Å². The molecule has 6 nitrogen and oxygen atoms in total. The van der Waals surface area contributed by atoms with Gasteiger partial charge in [0.25, 0.3) is 0 Å². The number of unbranched alkanes of at least 4 members (excludes halogenated alkanes) is 2. The SMILES string of the molecule is CN(C)C(=O)CN1CCN(CCCCCF)[C@@H]2CS(=O)(=O)C[C@@H]21. The molecule has 0 saturated carbocycles. The molecule has 0 radical (unpaired) electrons. The lowest BCUT2D eigenvalue weighted by molar-refractivity contribution is -0.131. The molecule has 0 aromatic rings. The van der Waals surface area contributed by atoms with E-state index < -0.39 is 9.84 Å². The number of carbonyl (C=O) groups excluding carboxylic acids is 1. The van der Waals surface area contributed by atoms with Crippen molar-refractivity contribution in [3.05, 3.63) is 0 Å². The highest BCUT2D eigenvalue weighted by molar-refractivity contribution is 7.91. The summed E-state index contributed by atoms with van der Waals surface area (Å²) in [6.45, 7) is 2.28. The Morgan fingerprint density at radius 1 is 1.09 bits per heavy atom.